The third-order valence-corrected chi connectivity index (χ3v) is 3.18. The Morgan fingerprint density at radius 3 is 2.81 bits per heavy atom. The van der Waals surface area contributed by atoms with Crippen LogP contribution in [-0.2, 0) is 4.74 Å². The van der Waals surface area contributed by atoms with E-state index in [1.54, 1.807) is 0 Å². The van der Waals surface area contributed by atoms with E-state index in [4.69, 9.17) is 10.5 Å². The van der Waals surface area contributed by atoms with Crippen LogP contribution in [0.25, 0.3) is 10.1 Å². The minimum atomic E-state index is -0.269. The molecule has 0 aliphatic heterocycles. The van der Waals surface area contributed by atoms with Crippen molar-refractivity contribution in [3.8, 4) is 0 Å². The van der Waals surface area contributed by atoms with Crippen LogP contribution in [-0.4, -0.2) is 12.1 Å². The van der Waals surface area contributed by atoms with Crippen molar-refractivity contribution >= 4 is 33.1 Å². The summed E-state index contributed by atoms with van der Waals surface area (Å²) in [6.45, 7) is 3.67. The predicted molar refractivity (Wildman–Crippen MR) is 66.8 cm³/mol. The Morgan fingerprint density at radius 2 is 2.12 bits per heavy atom. The third kappa shape index (κ3) is 2.17. The van der Waals surface area contributed by atoms with E-state index in [2.05, 4.69) is 0 Å². The van der Waals surface area contributed by atoms with Gasteiger partial charge >= 0.3 is 5.97 Å². The molecule has 2 rings (SSSR count). The van der Waals surface area contributed by atoms with E-state index in [9.17, 15) is 4.79 Å². The molecule has 0 radical (unpaired) electrons. The average molecular weight is 235 g/mol. The zero-order valence-corrected chi connectivity index (χ0v) is 10.0. The summed E-state index contributed by atoms with van der Waals surface area (Å²) in [7, 11) is 0. The number of rotatable bonds is 2. The summed E-state index contributed by atoms with van der Waals surface area (Å²) in [4.78, 5) is 12.3. The number of nitrogens with two attached hydrogens (primary N) is 1. The largest absolute Gasteiger partial charge is 0.459 e. The Morgan fingerprint density at radius 1 is 1.38 bits per heavy atom. The van der Waals surface area contributed by atoms with Gasteiger partial charge in [-0.15, -0.1) is 11.3 Å². The van der Waals surface area contributed by atoms with E-state index >= 15 is 0 Å². The van der Waals surface area contributed by atoms with Crippen molar-refractivity contribution in [3.63, 3.8) is 0 Å². The van der Waals surface area contributed by atoms with Crippen LogP contribution in [0.15, 0.2) is 24.3 Å². The van der Waals surface area contributed by atoms with Crippen LogP contribution in [0.1, 0.15) is 23.5 Å². The average Bonchev–Trinajstić information content (AvgIpc) is 2.59. The van der Waals surface area contributed by atoms with E-state index < -0.39 is 0 Å². The molecule has 0 spiro atoms. The standard InChI is InChI=1S/C12H13NO2S/c1-7(2)15-12(14)11-6-8-5-9(13)3-4-10(8)16-11/h3-7H,13H2,1-2H3. The summed E-state index contributed by atoms with van der Waals surface area (Å²) >= 11 is 1.43. The molecule has 16 heavy (non-hydrogen) atoms. The first kappa shape index (κ1) is 11.0. The first-order valence-electron chi connectivity index (χ1n) is 5.06. The lowest BCUT2D eigenvalue weighted by atomic mass is 10.2. The molecule has 0 fully saturated rings. The van der Waals surface area contributed by atoms with Gasteiger partial charge in [0.25, 0.3) is 0 Å². The van der Waals surface area contributed by atoms with Gasteiger partial charge in [-0.25, -0.2) is 4.79 Å². The van der Waals surface area contributed by atoms with Crippen LogP contribution in [0.5, 0.6) is 0 Å². The molecule has 4 heteroatoms. The molecule has 1 aromatic heterocycles. The van der Waals surface area contributed by atoms with Gasteiger partial charge in [-0.1, -0.05) is 0 Å². The highest BCUT2D eigenvalue weighted by molar-refractivity contribution is 7.20. The van der Waals surface area contributed by atoms with Gasteiger partial charge in [0.2, 0.25) is 0 Å². The maximum atomic E-state index is 11.7. The lowest BCUT2D eigenvalue weighted by molar-refractivity contribution is 0.0384. The second kappa shape index (κ2) is 4.14. The normalized spacial score (nSPS) is 10.9. The fourth-order valence-corrected chi connectivity index (χ4v) is 2.36. The summed E-state index contributed by atoms with van der Waals surface area (Å²) < 4.78 is 6.18. The number of fused-ring (bicyclic) bond motifs is 1. The fraction of sp³-hybridized carbons (Fsp3) is 0.250. The smallest absolute Gasteiger partial charge is 0.348 e. The molecule has 0 amide bonds. The summed E-state index contributed by atoms with van der Waals surface area (Å²) in [6.07, 6.45) is -0.0946. The molecule has 1 heterocycles. The zero-order chi connectivity index (χ0) is 11.7. The number of hydrogen-bond donors (Lipinski definition) is 1. The number of benzene rings is 1. The van der Waals surface area contributed by atoms with Crippen LogP contribution in [0.2, 0.25) is 0 Å². The maximum absolute atomic E-state index is 11.7. The number of carbonyl (C=O) groups is 1. The molecule has 0 aliphatic rings. The molecular formula is C12H13NO2S. The molecule has 1 aromatic carbocycles. The quantitative estimate of drug-likeness (QED) is 0.643. The number of thiophene rings is 1. The van der Waals surface area contributed by atoms with Gasteiger partial charge in [0, 0.05) is 10.4 Å². The van der Waals surface area contributed by atoms with Crippen LogP contribution < -0.4 is 5.73 Å². The Hall–Kier alpha value is -1.55. The molecule has 2 N–H and O–H groups in total. The highest BCUT2D eigenvalue weighted by Crippen LogP contribution is 2.27. The first-order valence-corrected chi connectivity index (χ1v) is 5.88. The minimum Gasteiger partial charge on any atom is -0.459 e. The number of carbonyl (C=O) groups excluding carboxylic acids is 1. The van der Waals surface area contributed by atoms with Crippen LogP contribution >= 0.6 is 11.3 Å². The Labute approximate surface area is 97.8 Å². The van der Waals surface area contributed by atoms with Crippen molar-refractivity contribution < 1.29 is 9.53 Å². The van der Waals surface area contributed by atoms with Crippen molar-refractivity contribution in [2.75, 3.05) is 5.73 Å². The molecule has 0 bridgehead atoms. The van der Waals surface area contributed by atoms with Crippen molar-refractivity contribution in [1.82, 2.24) is 0 Å². The van der Waals surface area contributed by atoms with Crippen LogP contribution in [0, 0.1) is 0 Å². The van der Waals surface area contributed by atoms with Crippen molar-refractivity contribution in [1.29, 1.82) is 0 Å². The number of nitrogen functional groups attached to an aromatic ring is 1. The summed E-state index contributed by atoms with van der Waals surface area (Å²) in [6, 6.07) is 7.43. The molecule has 0 saturated carbocycles. The van der Waals surface area contributed by atoms with E-state index in [1.807, 2.05) is 38.1 Å². The fourth-order valence-electron chi connectivity index (χ4n) is 1.43. The molecule has 0 saturated heterocycles. The predicted octanol–water partition coefficient (Wildman–Crippen LogP) is 3.05. The van der Waals surface area contributed by atoms with Crippen molar-refractivity contribution in [3.05, 3.63) is 29.1 Å². The molecule has 3 nitrogen and oxygen atoms in total. The number of esters is 1. The molecule has 2 aromatic rings. The highest BCUT2D eigenvalue weighted by Gasteiger charge is 2.12. The van der Waals surface area contributed by atoms with Gasteiger partial charge < -0.3 is 10.5 Å². The van der Waals surface area contributed by atoms with Crippen molar-refractivity contribution in [2.45, 2.75) is 20.0 Å². The van der Waals surface area contributed by atoms with Gasteiger partial charge in [-0.05, 0) is 43.5 Å². The van der Waals surface area contributed by atoms with E-state index in [0.29, 0.717) is 10.6 Å². The minimum absolute atomic E-state index is 0.0946. The molecular weight excluding hydrogens is 222 g/mol. The maximum Gasteiger partial charge on any atom is 0.348 e. The molecule has 84 valence electrons. The topological polar surface area (TPSA) is 52.3 Å². The van der Waals surface area contributed by atoms with Gasteiger partial charge in [0.1, 0.15) is 4.88 Å². The Balaban J connectivity index is 2.36. The van der Waals surface area contributed by atoms with Gasteiger partial charge in [-0.2, -0.15) is 0 Å². The second-order valence-electron chi connectivity index (χ2n) is 3.86. The van der Waals surface area contributed by atoms with E-state index in [0.717, 1.165) is 10.1 Å². The number of anilines is 1. The Kier molecular flexibility index (Phi) is 2.83. The monoisotopic (exact) mass is 235 g/mol. The van der Waals surface area contributed by atoms with Gasteiger partial charge in [0.05, 0.1) is 6.10 Å². The van der Waals surface area contributed by atoms with Gasteiger partial charge in [-0.3, -0.25) is 0 Å². The van der Waals surface area contributed by atoms with Crippen LogP contribution in [0.3, 0.4) is 0 Å². The summed E-state index contributed by atoms with van der Waals surface area (Å²) in [5, 5.41) is 0.987. The van der Waals surface area contributed by atoms with Gasteiger partial charge in [0.15, 0.2) is 0 Å². The third-order valence-electron chi connectivity index (χ3n) is 2.08. The second-order valence-corrected chi connectivity index (χ2v) is 4.95. The number of ether oxygens (including phenoxy) is 1. The lowest BCUT2D eigenvalue weighted by Crippen LogP contribution is -2.09. The summed E-state index contributed by atoms with van der Waals surface area (Å²) in [5.41, 5.74) is 6.38. The van der Waals surface area contributed by atoms with Crippen LogP contribution in [0.4, 0.5) is 5.69 Å². The number of hydrogen-bond acceptors (Lipinski definition) is 4. The van der Waals surface area contributed by atoms with E-state index in [1.165, 1.54) is 11.3 Å². The summed E-state index contributed by atoms with van der Waals surface area (Å²) in [5.74, 6) is -0.269. The molecule has 0 atom stereocenters. The van der Waals surface area contributed by atoms with Crippen molar-refractivity contribution in [2.24, 2.45) is 0 Å². The zero-order valence-electron chi connectivity index (χ0n) is 9.19. The van der Waals surface area contributed by atoms with E-state index in [-0.39, 0.29) is 12.1 Å². The highest BCUT2D eigenvalue weighted by atomic mass is 32.1. The SMILES string of the molecule is CC(C)OC(=O)c1cc2cc(N)ccc2s1. The lowest BCUT2D eigenvalue weighted by Gasteiger charge is -2.05. The molecule has 0 aliphatic carbocycles. The molecule has 0 unspecified atom stereocenters. The first-order chi connectivity index (χ1) is 7.56. The Bertz CT molecular complexity index is 531.